The zero-order chi connectivity index (χ0) is 31.2. The van der Waals surface area contributed by atoms with Gasteiger partial charge in [-0.3, -0.25) is 9.78 Å². The highest BCUT2D eigenvalue weighted by Crippen LogP contribution is 2.38. The summed E-state index contributed by atoms with van der Waals surface area (Å²) in [5.74, 6) is 1.16. The normalized spacial score (nSPS) is 13.9. The molecule has 1 aliphatic rings. The summed E-state index contributed by atoms with van der Waals surface area (Å²) in [5, 5.41) is 11.2. The molecule has 10 nitrogen and oxygen atoms in total. The standard InChI is InChI=1S/C34H35FN6O4/c1-23-12-16-40(17-13-23)15-6-18-44-33-21-28-26(20-32(33)43-2)30(11-14-36-28)45-31-10-9-24(19-27(31)35)37-34(42)29-22-41(39-38-29)25-7-4-3-5-8-25/h3-5,7-11,14,19-23H,6,12-13,15-18H2,1-2H3,(H,37,42). The minimum atomic E-state index is -0.652. The maximum atomic E-state index is 15.2. The molecule has 3 aromatic carbocycles. The number of anilines is 1. The molecule has 1 saturated heterocycles. The van der Waals surface area contributed by atoms with Crippen molar-refractivity contribution in [1.82, 2.24) is 24.9 Å². The second kappa shape index (κ2) is 13.7. The number of amides is 1. The van der Waals surface area contributed by atoms with E-state index < -0.39 is 11.7 Å². The Morgan fingerprint density at radius 2 is 1.82 bits per heavy atom. The number of pyridine rings is 1. The Kier molecular flexibility index (Phi) is 9.16. The van der Waals surface area contributed by atoms with Gasteiger partial charge >= 0.3 is 0 Å². The summed E-state index contributed by atoms with van der Waals surface area (Å²) in [7, 11) is 1.58. The van der Waals surface area contributed by atoms with Crippen molar-refractivity contribution >= 4 is 22.5 Å². The van der Waals surface area contributed by atoms with Crippen LogP contribution in [0.25, 0.3) is 16.6 Å². The molecule has 5 aromatic rings. The summed E-state index contributed by atoms with van der Waals surface area (Å²) in [5.41, 5.74) is 1.73. The lowest BCUT2D eigenvalue weighted by Gasteiger charge is -2.30. The van der Waals surface area contributed by atoms with E-state index >= 15 is 4.39 Å². The minimum absolute atomic E-state index is 0.0121. The van der Waals surface area contributed by atoms with Gasteiger partial charge in [0.2, 0.25) is 0 Å². The van der Waals surface area contributed by atoms with Gasteiger partial charge in [-0.15, -0.1) is 5.10 Å². The van der Waals surface area contributed by atoms with E-state index in [-0.39, 0.29) is 17.1 Å². The second-order valence-corrected chi connectivity index (χ2v) is 11.1. The van der Waals surface area contributed by atoms with E-state index in [2.05, 4.69) is 32.4 Å². The molecular formula is C34H35FN6O4. The number of carbonyl (C=O) groups is 1. The third kappa shape index (κ3) is 7.21. The number of likely N-dealkylation sites (tertiary alicyclic amines) is 1. The lowest BCUT2D eigenvalue weighted by molar-refractivity contribution is 0.102. The summed E-state index contributed by atoms with van der Waals surface area (Å²) in [4.78, 5) is 19.7. The van der Waals surface area contributed by atoms with Gasteiger partial charge in [0.05, 0.1) is 31.1 Å². The van der Waals surface area contributed by atoms with Crippen molar-refractivity contribution in [2.75, 3.05) is 38.7 Å². The van der Waals surface area contributed by atoms with Gasteiger partial charge in [0, 0.05) is 35.9 Å². The van der Waals surface area contributed by atoms with Crippen LogP contribution >= 0.6 is 0 Å². The summed E-state index contributed by atoms with van der Waals surface area (Å²) >= 11 is 0. The third-order valence-corrected chi connectivity index (χ3v) is 7.90. The van der Waals surface area contributed by atoms with E-state index in [1.54, 1.807) is 31.5 Å². The van der Waals surface area contributed by atoms with E-state index in [4.69, 9.17) is 14.2 Å². The Morgan fingerprint density at radius 1 is 1.00 bits per heavy atom. The summed E-state index contributed by atoms with van der Waals surface area (Å²) < 4.78 is 34.3. The summed E-state index contributed by atoms with van der Waals surface area (Å²) in [6.45, 7) is 6.16. The van der Waals surface area contributed by atoms with Crippen LogP contribution in [0.4, 0.5) is 10.1 Å². The van der Waals surface area contributed by atoms with Crippen LogP contribution in [0.2, 0.25) is 0 Å². The molecule has 2 aromatic heterocycles. The first-order valence-electron chi connectivity index (χ1n) is 15.1. The third-order valence-electron chi connectivity index (χ3n) is 7.90. The number of fused-ring (bicyclic) bond motifs is 1. The van der Waals surface area contributed by atoms with Crippen molar-refractivity contribution in [2.45, 2.75) is 26.2 Å². The molecule has 6 rings (SSSR count). The van der Waals surface area contributed by atoms with E-state index in [1.807, 2.05) is 36.4 Å². The van der Waals surface area contributed by atoms with Crippen molar-refractivity contribution in [2.24, 2.45) is 5.92 Å². The lowest BCUT2D eigenvalue weighted by atomic mass is 9.99. The van der Waals surface area contributed by atoms with Crippen molar-refractivity contribution in [1.29, 1.82) is 0 Å². The zero-order valence-electron chi connectivity index (χ0n) is 25.3. The highest BCUT2D eigenvalue weighted by Gasteiger charge is 2.17. The van der Waals surface area contributed by atoms with Gasteiger partial charge in [0.25, 0.3) is 5.91 Å². The maximum absolute atomic E-state index is 15.2. The molecule has 45 heavy (non-hydrogen) atoms. The molecule has 0 radical (unpaired) electrons. The highest BCUT2D eigenvalue weighted by molar-refractivity contribution is 6.02. The second-order valence-electron chi connectivity index (χ2n) is 11.1. The van der Waals surface area contributed by atoms with Gasteiger partial charge in [0.15, 0.2) is 28.8 Å². The number of carbonyl (C=O) groups excluding carboxylic acids is 1. The largest absolute Gasteiger partial charge is 0.493 e. The molecule has 1 N–H and O–H groups in total. The first-order chi connectivity index (χ1) is 22.0. The average molecular weight is 611 g/mol. The van der Waals surface area contributed by atoms with E-state index in [9.17, 15) is 4.79 Å². The van der Waals surface area contributed by atoms with E-state index in [0.29, 0.717) is 34.8 Å². The SMILES string of the molecule is COc1cc2c(Oc3ccc(NC(=O)c4cn(-c5ccccc5)nn4)cc3F)ccnc2cc1OCCCN1CCC(C)CC1. The van der Waals surface area contributed by atoms with Crippen molar-refractivity contribution < 1.29 is 23.4 Å². The van der Waals surface area contributed by atoms with Gasteiger partial charge in [0.1, 0.15) is 5.75 Å². The molecule has 0 saturated carbocycles. The van der Waals surface area contributed by atoms with Gasteiger partial charge in [-0.05, 0) is 74.7 Å². The molecule has 3 heterocycles. The number of aromatic nitrogens is 4. The van der Waals surface area contributed by atoms with Crippen LogP contribution in [0, 0.1) is 11.7 Å². The fraction of sp³-hybridized carbons (Fsp3) is 0.294. The lowest BCUT2D eigenvalue weighted by Crippen LogP contribution is -2.34. The topological polar surface area (TPSA) is 104 Å². The van der Waals surface area contributed by atoms with Crippen LogP contribution in [0.3, 0.4) is 0 Å². The minimum Gasteiger partial charge on any atom is -0.493 e. The van der Waals surface area contributed by atoms with Gasteiger partial charge in [-0.1, -0.05) is 30.3 Å². The number of piperidine rings is 1. The Bertz CT molecular complexity index is 1770. The Morgan fingerprint density at radius 3 is 2.60 bits per heavy atom. The first kappa shape index (κ1) is 30.0. The number of benzene rings is 3. The molecule has 0 aliphatic carbocycles. The predicted octanol–water partition coefficient (Wildman–Crippen LogP) is 6.51. The number of ether oxygens (including phenoxy) is 3. The van der Waals surface area contributed by atoms with Crippen molar-refractivity contribution in [3.8, 4) is 28.7 Å². The van der Waals surface area contributed by atoms with Crippen LogP contribution in [0.15, 0.2) is 79.1 Å². The van der Waals surface area contributed by atoms with Crippen LogP contribution in [0.5, 0.6) is 23.0 Å². The van der Waals surface area contributed by atoms with E-state index in [1.165, 1.54) is 35.9 Å². The molecule has 0 bridgehead atoms. The monoisotopic (exact) mass is 610 g/mol. The van der Waals surface area contributed by atoms with Gasteiger partial charge in [-0.2, -0.15) is 0 Å². The number of nitrogens with zero attached hydrogens (tertiary/aromatic N) is 5. The molecule has 0 spiro atoms. The average Bonchev–Trinajstić information content (AvgIpc) is 3.56. The number of halogens is 1. The van der Waals surface area contributed by atoms with Crippen molar-refractivity contribution in [3.05, 3.63) is 90.6 Å². The maximum Gasteiger partial charge on any atom is 0.277 e. The van der Waals surface area contributed by atoms with E-state index in [0.717, 1.165) is 37.7 Å². The fourth-order valence-electron chi connectivity index (χ4n) is 5.30. The number of methoxy groups -OCH3 is 1. The molecule has 11 heteroatoms. The smallest absolute Gasteiger partial charge is 0.277 e. The predicted molar refractivity (Wildman–Crippen MR) is 169 cm³/mol. The molecule has 0 unspecified atom stereocenters. The number of nitrogens with one attached hydrogen (secondary N) is 1. The molecular weight excluding hydrogens is 575 g/mol. The molecule has 0 atom stereocenters. The fourth-order valence-corrected chi connectivity index (χ4v) is 5.30. The number of rotatable bonds is 11. The van der Waals surface area contributed by atoms with Gasteiger partial charge in [-0.25, -0.2) is 9.07 Å². The Hall–Kier alpha value is -5.03. The zero-order valence-corrected chi connectivity index (χ0v) is 25.3. The Balaban J connectivity index is 1.10. The molecule has 1 fully saturated rings. The quantitative estimate of drug-likeness (QED) is 0.169. The molecule has 232 valence electrons. The van der Waals surface area contributed by atoms with Crippen LogP contribution in [0.1, 0.15) is 36.7 Å². The van der Waals surface area contributed by atoms with Crippen LogP contribution < -0.4 is 19.5 Å². The van der Waals surface area contributed by atoms with Crippen molar-refractivity contribution in [3.63, 3.8) is 0 Å². The first-order valence-corrected chi connectivity index (χ1v) is 15.1. The molecule has 1 aliphatic heterocycles. The summed E-state index contributed by atoms with van der Waals surface area (Å²) in [6, 6.07) is 18.7. The Labute approximate surface area is 260 Å². The van der Waals surface area contributed by atoms with Gasteiger partial charge < -0.3 is 24.4 Å². The summed E-state index contributed by atoms with van der Waals surface area (Å²) in [6.07, 6.45) is 6.52. The number of hydrogen-bond acceptors (Lipinski definition) is 8. The van der Waals surface area contributed by atoms with Crippen LogP contribution in [-0.2, 0) is 0 Å². The van der Waals surface area contributed by atoms with Crippen LogP contribution in [-0.4, -0.2) is 64.1 Å². The number of para-hydroxylation sites is 1. The molecule has 1 amide bonds. The highest BCUT2D eigenvalue weighted by atomic mass is 19.1. The number of hydrogen-bond donors (Lipinski definition) is 1.